The molecule has 0 heterocycles. The monoisotopic (exact) mass is 316 g/mol. The van der Waals surface area contributed by atoms with E-state index in [0.29, 0.717) is 12.3 Å². The van der Waals surface area contributed by atoms with Gasteiger partial charge in [-0.25, -0.2) is 4.79 Å². The minimum atomic E-state index is -1.09. The Morgan fingerprint density at radius 2 is 2.11 bits per heavy atom. The van der Waals surface area contributed by atoms with E-state index in [0.717, 1.165) is 10.0 Å². The summed E-state index contributed by atoms with van der Waals surface area (Å²) in [6.45, 7) is -0.105. The van der Waals surface area contributed by atoms with E-state index in [-0.39, 0.29) is 0 Å². The Kier molecular flexibility index (Phi) is 5.44. The number of benzene rings is 1. The van der Waals surface area contributed by atoms with Crippen LogP contribution in [-0.4, -0.2) is 30.8 Å². The molecule has 98 valence electrons. The van der Waals surface area contributed by atoms with Gasteiger partial charge in [0.2, 0.25) is 0 Å². The van der Waals surface area contributed by atoms with E-state index in [2.05, 4.69) is 26.6 Å². The number of hydrogen-bond acceptors (Lipinski definition) is 3. The topological polar surface area (TPSA) is 87.7 Å². The van der Waals surface area contributed by atoms with Gasteiger partial charge in [-0.2, -0.15) is 0 Å². The summed E-state index contributed by atoms with van der Waals surface area (Å²) in [4.78, 5) is 21.4. The van der Waals surface area contributed by atoms with Crippen LogP contribution in [0.15, 0.2) is 22.7 Å². The Labute approximate surface area is 112 Å². The highest BCUT2D eigenvalue weighted by Gasteiger charge is 2.05. The molecule has 0 aliphatic rings. The second-order valence-electron chi connectivity index (χ2n) is 3.40. The molecule has 0 aliphatic heterocycles. The maximum atomic E-state index is 11.2. The number of nitrogens with one attached hydrogen (secondary N) is 2. The Balaban J connectivity index is 2.46. The van der Waals surface area contributed by atoms with Gasteiger partial charge in [0.25, 0.3) is 0 Å². The molecule has 0 fully saturated rings. The predicted octanol–water partition coefficient (Wildman–Crippen LogP) is 1.34. The molecule has 2 amide bonds. The Morgan fingerprint density at radius 3 is 2.67 bits per heavy atom. The molecule has 1 aromatic carbocycles. The first-order chi connectivity index (χ1) is 8.52. The van der Waals surface area contributed by atoms with Crippen LogP contribution in [0.2, 0.25) is 0 Å². The number of carbonyl (C=O) groups excluding carboxylic acids is 1. The number of aliphatic carboxylic acids is 1. The number of rotatable bonds is 5. The number of ether oxygens (including phenoxy) is 1. The van der Waals surface area contributed by atoms with E-state index in [4.69, 9.17) is 9.84 Å². The molecule has 0 aliphatic carbocycles. The number of urea groups is 1. The third-order valence-electron chi connectivity index (χ3n) is 2.07. The lowest BCUT2D eigenvalue weighted by atomic mass is 10.2. The van der Waals surface area contributed by atoms with Crippen LogP contribution in [-0.2, 0) is 11.3 Å². The number of hydrogen-bond donors (Lipinski definition) is 3. The molecule has 6 nitrogen and oxygen atoms in total. The quantitative estimate of drug-likeness (QED) is 0.765. The van der Waals surface area contributed by atoms with Gasteiger partial charge >= 0.3 is 12.0 Å². The van der Waals surface area contributed by atoms with Gasteiger partial charge in [-0.15, -0.1) is 0 Å². The largest absolute Gasteiger partial charge is 0.496 e. The zero-order chi connectivity index (χ0) is 13.5. The Morgan fingerprint density at radius 1 is 1.39 bits per heavy atom. The summed E-state index contributed by atoms with van der Waals surface area (Å²) in [6, 6.07) is 4.87. The molecule has 7 heteroatoms. The minimum absolute atomic E-state index is 0.300. The van der Waals surface area contributed by atoms with E-state index in [1.165, 1.54) is 0 Å². The summed E-state index contributed by atoms with van der Waals surface area (Å²) < 4.78 is 5.87. The third kappa shape index (κ3) is 4.62. The SMILES string of the molecule is COc1ccc(CNC(=O)NCC(=O)O)cc1Br. The third-order valence-corrected chi connectivity index (χ3v) is 2.69. The van der Waals surface area contributed by atoms with Crippen molar-refractivity contribution >= 4 is 27.9 Å². The molecule has 0 unspecified atom stereocenters. The van der Waals surface area contributed by atoms with Gasteiger partial charge < -0.3 is 20.5 Å². The van der Waals surface area contributed by atoms with Gasteiger partial charge in [0.05, 0.1) is 11.6 Å². The molecule has 0 bridgehead atoms. The molecule has 0 aromatic heterocycles. The molecule has 18 heavy (non-hydrogen) atoms. The van der Waals surface area contributed by atoms with E-state index in [1.807, 2.05) is 6.07 Å². The van der Waals surface area contributed by atoms with Crippen LogP contribution in [0.25, 0.3) is 0 Å². The summed E-state index contributed by atoms with van der Waals surface area (Å²) in [5, 5.41) is 13.1. The fourth-order valence-electron chi connectivity index (χ4n) is 1.22. The molecule has 1 aromatic rings. The van der Waals surface area contributed by atoms with Gasteiger partial charge in [0.15, 0.2) is 0 Å². The van der Waals surface area contributed by atoms with Crippen LogP contribution >= 0.6 is 15.9 Å². The number of amides is 2. The van der Waals surface area contributed by atoms with Crippen molar-refractivity contribution in [2.24, 2.45) is 0 Å². The average molecular weight is 317 g/mol. The highest BCUT2D eigenvalue weighted by Crippen LogP contribution is 2.25. The fourth-order valence-corrected chi connectivity index (χ4v) is 1.81. The van der Waals surface area contributed by atoms with Crippen molar-refractivity contribution in [2.45, 2.75) is 6.54 Å². The molecular weight excluding hydrogens is 304 g/mol. The Hall–Kier alpha value is -1.76. The van der Waals surface area contributed by atoms with Gasteiger partial charge in [-0.3, -0.25) is 4.79 Å². The number of halogens is 1. The molecule has 0 saturated heterocycles. The normalized spacial score (nSPS) is 9.67. The van der Waals surface area contributed by atoms with Crippen molar-refractivity contribution in [1.82, 2.24) is 10.6 Å². The van der Waals surface area contributed by atoms with Crippen molar-refractivity contribution in [3.8, 4) is 5.75 Å². The maximum Gasteiger partial charge on any atom is 0.323 e. The van der Waals surface area contributed by atoms with Gasteiger partial charge in [0.1, 0.15) is 12.3 Å². The first kappa shape index (κ1) is 14.3. The van der Waals surface area contributed by atoms with Gasteiger partial charge in [0, 0.05) is 6.54 Å². The number of carboxylic acids is 1. The van der Waals surface area contributed by atoms with Crippen molar-refractivity contribution in [1.29, 1.82) is 0 Å². The Bertz CT molecular complexity index is 451. The molecule has 1 rings (SSSR count). The van der Waals surface area contributed by atoms with Crippen molar-refractivity contribution in [3.05, 3.63) is 28.2 Å². The average Bonchev–Trinajstić information content (AvgIpc) is 2.34. The van der Waals surface area contributed by atoms with E-state index < -0.39 is 18.5 Å². The van der Waals surface area contributed by atoms with E-state index in [1.54, 1.807) is 19.2 Å². The second kappa shape index (κ2) is 6.85. The highest BCUT2D eigenvalue weighted by atomic mass is 79.9. The summed E-state index contributed by atoms with van der Waals surface area (Å²) in [7, 11) is 1.57. The van der Waals surface area contributed by atoms with Crippen LogP contribution < -0.4 is 15.4 Å². The van der Waals surface area contributed by atoms with Crippen LogP contribution in [0.5, 0.6) is 5.75 Å². The smallest absolute Gasteiger partial charge is 0.323 e. The molecule has 0 saturated carbocycles. The standard InChI is InChI=1S/C11H13BrN2O4/c1-18-9-3-2-7(4-8(9)12)5-13-11(17)14-6-10(15)16/h2-4H,5-6H2,1H3,(H,15,16)(H2,13,14,17). The number of carboxylic acid groups (broad SMARTS) is 1. The predicted molar refractivity (Wildman–Crippen MR) is 68.6 cm³/mol. The minimum Gasteiger partial charge on any atom is -0.496 e. The lowest BCUT2D eigenvalue weighted by Crippen LogP contribution is -2.37. The zero-order valence-corrected chi connectivity index (χ0v) is 11.3. The van der Waals surface area contributed by atoms with Crippen LogP contribution in [0, 0.1) is 0 Å². The number of carbonyl (C=O) groups is 2. The fraction of sp³-hybridized carbons (Fsp3) is 0.273. The van der Waals surface area contributed by atoms with Gasteiger partial charge in [-0.05, 0) is 33.6 Å². The van der Waals surface area contributed by atoms with Crippen molar-refractivity contribution in [3.63, 3.8) is 0 Å². The first-order valence-electron chi connectivity index (χ1n) is 5.09. The molecular formula is C11H13BrN2O4. The van der Waals surface area contributed by atoms with Crippen molar-refractivity contribution < 1.29 is 19.4 Å². The summed E-state index contributed by atoms with van der Waals surface area (Å²) in [6.07, 6.45) is 0. The van der Waals surface area contributed by atoms with Crippen LogP contribution in [0.3, 0.4) is 0 Å². The molecule has 0 radical (unpaired) electrons. The van der Waals surface area contributed by atoms with E-state index >= 15 is 0 Å². The first-order valence-corrected chi connectivity index (χ1v) is 5.88. The molecule has 0 atom stereocenters. The maximum absolute atomic E-state index is 11.2. The highest BCUT2D eigenvalue weighted by molar-refractivity contribution is 9.10. The zero-order valence-electron chi connectivity index (χ0n) is 9.70. The summed E-state index contributed by atoms with van der Waals surface area (Å²) in [5.41, 5.74) is 0.869. The lowest BCUT2D eigenvalue weighted by molar-refractivity contribution is -0.135. The van der Waals surface area contributed by atoms with Crippen molar-refractivity contribution in [2.75, 3.05) is 13.7 Å². The lowest BCUT2D eigenvalue weighted by Gasteiger charge is -2.08. The van der Waals surface area contributed by atoms with Crippen LogP contribution in [0.1, 0.15) is 5.56 Å². The molecule has 0 spiro atoms. The summed E-state index contributed by atoms with van der Waals surface area (Å²) >= 11 is 3.33. The van der Waals surface area contributed by atoms with Gasteiger partial charge in [-0.1, -0.05) is 6.07 Å². The molecule has 3 N–H and O–H groups in total. The van der Waals surface area contributed by atoms with Crippen LogP contribution in [0.4, 0.5) is 4.79 Å². The number of methoxy groups -OCH3 is 1. The second-order valence-corrected chi connectivity index (χ2v) is 4.25. The van der Waals surface area contributed by atoms with E-state index in [9.17, 15) is 9.59 Å². The summed E-state index contributed by atoms with van der Waals surface area (Å²) in [5.74, 6) is -0.383.